The zero-order valence-corrected chi connectivity index (χ0v) is 17.6. The van der Waals surface area contributed by atoms with Crippen LogP contribution in [0.25, 0.3) is 21.8 Å². The van der Waals surface area contributed by atoms with E-state index in [1.54, 1.807) is 0 Å². The molecule has 2 N–H and O–H groups in total. The highest BCUT2D eigenvalue weighted by atomic mass is 16.3. The second kappa shape index (κ2) is 8.13. The van der Waals surface area contributed by atoms with E-state index in [-0.39, 0.29) is 6.10 Å². The first-order valence-corrected chi connectivity index (χ1v) is 11.0. The van der Waals surface area contributed by atoms with Crippen molar-refractivity contribution in [1.82, 2.24) is 4.57 Å². The van der Waals surface area contributed by atoms with Crippen LogP contribution in [0.5, 0.6) is 0 Å². The summed E-state index contributed by atoms with van der Waals surface area (Å²) < 4.78 is 2.29. The van der Waals surface area contributed by atoms with Crippen LogP contribution < -0.4 is 9.80 Å². The first-order valence-electron chi connectivity index (χ1n) is 11.0. The summed E-state index contributed by atoms with van der Waals surface area (Å²) in [4.78, 5) is 3.95. The number of piperazine rings is 1. The minimum Gasteiger partial charge on any atom is -0.385 e. The Labute approximate surface area is 177 Å². The van der Waals surface area contributed by atoms with Gasteiger partial charge in [0.15, 0.2) is 0 Å². The lowest BCUT2D eigenvalue weighted by Crippen LogP contribution is -3.15. The lowest BCUT2D eigenvalue weighted by atomic mass is 10.2. The van der Waals surface area contributed by atoms with Crippen LogP contribution in [-0.2, 0) is 6.54 Å². The fourth-order valence-electron chi connectivity index (χ4n) is 4.85. The van der Waals surface area contributed by atoms with Crippen LogP contribution in [0.3, 0.4) is 0 Å². The van der Waals surface area contributed by atoms with E-state index in [9.17, 15) is 5.11 Å². The summed E-state index contributed by atoms with van der Waals surface area (Å²) in [6.45, 7) is 7.78. The van der Waals surface area contributed by atoms with Crippen molar-refractivity contribution in [2.75, 3.05) is 37.6 Å². The maximum atomic E-state index is 11.0. The number of fused-ring (bicyclic) bond motifs is 3. The molecule has 1 saturated heterocycles. The Hall–Kier alpha value is -2.82. The van der Waals surface area contributed by atoms with E-state index < -0.39 is 0 Å². The lowest BCUT2D eigenvalue weighted by Gasteiger charge is -2.34. The van der Waals surface area contributed by atoms with E-state index in [1.807, 2.05) is 0 Å². The molecule has 4 nitrogen and oxygen atoms in total. The molecule has 0 amide bonds. The average Bonchev–Trinajstić information content (AvgIpc) is 3.09. The van der Waals surface area contributed by atoms with Gasteiger partial charge in [0.1, 0.15) is 12.6 Å². The SMILES string of the molecule is Cc1ccc(N2CC[NH+](C[C@H](O)Cn3c4ccccc4c4ccccc43)CC2)cc1. The van der Waals surface area contributed by atoms with Crippen molar-refractivity contribution in [2.24, 2.45) is 0 Å². The number of hydrogen-bond donors (Lipinski definition) is 2. The van der Waals surface area contributed by atoms with Crippen LogP contribution in [0.4, 0.5) is 5.69 Å². The molecule has 4 heteroatoms. The number of aliphatic hydroxyl groups is 1. The largest absolute Gasteiger partial charge is 0.385 e. The van der Waals surface area contributed by atoms with E-state index in [1.165, 1.54) is 38.0 Å². The van der Waals surface area contributed by atoms with Gasteiger partial charge in [0.05, 0.1) is 32.7 Å². The second-order valence-electron chi connectivity index (χ2n) is 8.58. The zero-order chi connectivity index (χ0) is 20.5. The fraction of sp³-hybridized carbons (Fsp3) is 0.308. The van der Waals surface area contributed by atoms with Gasteiger partial charge in [0.25, 0.3) is 0 Å². The second-order valence-corrected chi connectivity index (χ2v) is 8.58. The first-order chi connectivity index (χ1) is 14.7. The number of anilines is 1. The van der Waals surface area contributed by atoms with E-state index >= 15 is 0 Å². The molecule has 0 radical (unpaired) electrons. The van der Waals surface area contributed by atoms with Crippen molar-refractivity contribution in [2.45, 2.75) is 19.6 Å². The van der Waals surface area contributed by atoms with Gasteiger partial charge in [0, 0.05) is 27.5 Å². The number of quaternary nitrogens is 1. The highest BCUT2D eigenvalue weighted by molar-refractivity contribution is 6.07. The number of aliphatic hydroxyl groups excluding tert-OH is 1. The molecule has 154 valence electrons. The average molecular weight is 401 g/mol. The quantitative estimate of drug-likeness (QED) is 0.540. The van der Waals surface area contributed by atoms with Gasteiger partial charge in [-0.05, 0) is 31.2 Å². The number of aromatic nitrogens is 1. The van der Waals surface area contributed by atoms with Crippen molar-refractivity contribution in [3.63, 3.8) is 0 Å². The van der Waals surface area contributed by atoms with E-state index in [0.717, 1.165) is 32.7 Å². The highest BCUT2D eigenvalue weighted by Crippen LogP contribution is 2.28. The first kappa shape index (κ1) is 19.2. The van der Waals surface area contributed by atoms with Crippen LogP contribution >= 0.6 is 0 Å². The van der Waals surface area contributed by atoms with Crippen LogP contribution in [0.1, 0.15) is 5.56 Å². The van der Waals surface area contributed by atoms with Crippen molar-refractivity contribution >= 4 is 27.5 Å². The summed E-state index contributed by atoms with van der Waals surface area (Å²) >= 11 is 0. The van der Waals surface area contributed by atoms with Gasteiger partial charge < -0.3 is 19.5 Å². The Morgan fingerprint density at radius 2 is 1.40 bits per heavy atom. The molecule has 1 atom stereocenters. The maximum Gasteiger partial charge on any atom is 0.121 e. The molecule has 5 rings (SSSR count). The zero-order valence-electron chi connectivity index (χ0n) is 17.6. The minimum atomic E-state index is -0.356. The molecule has 1 aliphatic heterocycles. The summed E-state index contributed by atoms with van der Waals surface area (Å²) in [6.07, 6.45) is -0.356. The van der Waals surface area contributed by atoms with Crippen molar-refractivity contribution in [3.8, 4) is 0 Å². The Bertz CT molecular complexity index is 1090. The fourth-order valence-corrected chi connectivity index (χ4v) is 4.85. The molecule has 1 aliphatic rings. The number of nitrogens with zero attached hydrogens (tertiary/aromatic N) is 2. The number of rotatable bonds is 5. The van der Waals surface area contributed by atoms with Gasteiger partial charge in [-0.3, -0.25) is 0 Å². The number of aryl methyl sites for hydroxylation is 1. The molecule has 0 spiro atoms. The van der Waals surface area contributed by atoms with E-state index in [4.69, 9.17) is 0 Å². The summed E-state index contributed by atoms with van der Waals surface area (Å²) in [5.41, 5.74) is 5.02. The van der Waals surface area contributed by atoms with E-state index in [0.29, 0.717) is 6.54 Å². The van der Waals surface area contributed by atoms with Crippen LogP contribution in [-0.4, -0.2) is 48.5 Å². The highest BCUT2D eigenvalue weighted by Gasteiger charge is 2.23. The molecule has 0 bridgehead atoms. The molecule has 0 unspecified atom stereocenters. The Morgan fingerprint density at radius 1 is 0.833 bits per heavy atom. The smallest absolute Gasteiger partial charge is 0.121 e. The topological polar surface area (TPSA) is 32.8 Å². The van der Waals surface area contributed by atoms with Crippen LogP contribution in [0.2, 0.25) is 0 Å². The predicted octanol–water partition coefficient (Wildman–Crippen LogP) is 2.87. The third kappa shape index (κ3) is 3.69. The third-order valence-electron chi connectivity index (χ3n) is 6.47. The number of benzene rings is 3. The van der Waals surface area contributed by atoms with Crippen molar-refractivity contribution in [1.29, 1.82) is 0 Å². The Balaban J connectivity index is 1.26. The number of para-hydroxylation sites is 2. The molecular weight excluding hydrogens is 370 g/mol. The molecule has 1 aromatic heterocycles. The summed E-state index contributed by atoms with van der Waals surface area (Å²) in [5, 5.41) is 13.5. The lowest BCUT2D eigenvalue weighted by molar-refractivity contribution is -0.903. The summed E-state index contributed by atoms with van der Waals surface area (Å²) in [5.74, 6) is 0. The standard InChI is InChI=1S/C26H29N3O/c1-20-10-12-21(13-11-20)28-16-14-27(15-17-28)18-22(30)19-29-25-8-4-2-6-23(25)24-7-3-5-9-26(24)29/h2-13,22,30H,14-19H2,1H3/p+1/t22-/m0/s1. The molecular formula is C26H30N3O+. The van der Waals surface area contributed by atoms with Crippen LogP contribution in [0, 0.1) is 6.92 Å². The number of hydrogen-bond acceptors (Lipinski definition) is 2. The summed E-state index contributed by atoms with van der Waals surface area (Å²) in [6, 6.07) is 25.8. The van der Waals surface area contributed by atoms with Crippen molar-refractivity contribution in [3.05, 3.63) is 78.4 Å². The summed E-state index contributed by atoms with van der Waals surface area (Å²) in [7, 11) is 0. The van der Waals surface area contributed by atoms with Gasteiger partial charge in [0.2, 0.25) is 0 Å². The third-order valence-corrected chi connectivity index (χ3v) is 6.47. The Morgan fingerprint density at radius 3 is 2.00 bits per heavy atom. The molecule has 1 fully saturated rings. The molecule has 0 saturated carbocycles. The van der Waals surface area contributed by atoms with Gasteiger partial charge in [-0.15, -0.1) is 0 Å². The van der Waals surface area contributed by atoms with Gasteiger partial charge in [-0.1, -0.05) is 54.1 Å². The molecule has 30 heavy (non-hydrogen) atoms. The van der Waals surface area contributed by atoms with Crippen LogP contribution in [0.15, 0.2) is 72.8 Å². The number of nitrogens with one attached hydrogen (secondary N) is 1. The molecule has 3 aromatic carbocycles. The maximum absolute atomic E-state index is 11.0. The van der Waals surface area contributed by atoms with Gasteiger partial charge in [-0.25, -0.2) is 0 Å². The van der Waals surface area contributed by atoms with Gasteiger partial charge >= 0.3 is 0 Å². The normalized spacial score (nSPS) is 16.4. The molecule has 2 heterocycles. The molecule has 0 aliphatic carbocycles. The van der Waals surface area contributed by atoms with Crippen molar-refractivity contribution < 1.29 is 10.0 Å². The predicted molar refractivity (Wildman–Crippen MR) is 124 cm³/mol. The molecule has 4 aromatic rings. The monoisotopic (exact) mass is 400 g/mol. The van der Waals surface area contributed by atoms with E-state index in [2.05, 4.69) is 89.2 Å². The Kier molecular flexibility index (Phi) is 5.19. The van der Waals surface area contributed by atoms with Gasteiger partial charge in [-0.2, -0.15) is 0 Å². The minimum absolute atomic E-state index is 0.356.